The van der Waals surface area contributed by atoms with Crippen LogP contribution in [0.25, 0.3) is 22.3 Å². The van der Waals surface area contributed by atoms with E-state index in [1.165, 1.54) is 0 Å². The Morgan fingerprint density at radius 2 is 1.97 bits per heavy atom. The second-order valence-corrected chi connectivity index (χ2v) is 9.47. The van der Waals surface area contributed by atoms with Gasteiger partial charge in [0.2, 0.25) is 0 Å². The van der Waals surface area contributed by atoms with E-state index in [0.29, 0.717) is 41.9 Å². The molecule has 10 nitrogen and oxygen atoms in total. The minimum absolute atomic E-state index is 0.165. The molecule has 2 amide bonds. The van der Waals surface area contributed by atoms with E-state index in [9.17, 15) is 9.59 Å². The van der Waals surface area contributed by atoms with E-state index in [0.717, 1.165) is 52.9 Å². The molecule has 4 aromatic heterocycles. The largest absolute Gasteiger partial charge is 0.365 e. The maximum Gasteiger partial charge on any atom is 0.272 e. The van der Waals surface area contributed by atoms with Crippen LogP contribution in [-0.4, -0.2) is 50.5 Å². The molecule has 3 aliphatic rings. The summed E-state index contributed by atoms with van der Waals surface area (Å²) >= 11 is 0. The molecule has 180 valence electrons. The summed E-state index contributed by atoms with van der Waals surface area (Å²) in [6.45, 7) is 1.93. The number of aromatic nitrogens is 4. The summed E-state index contributed by atoms with van der Waals surface area (Å²) in [6, 6.07) is 8.05. The van der Waals surface area contributed by atoms with Gasteiger partial charge in [0.15, 0.2) is 5.69 Å². The van der Waals surface area contributed by atoms with E-state index >= 15 is 0 Å². The Labute approximate surface area is 206 Å². The molecule has 0 radical (unpaired) electrons. The zero-order chi connectivity index (χ0) is 24.4. The van der Waals surface area contributed by atoms with Crippen molar-refractivity contribution in [1.29, 1.82) is 0 Å². The Bertz CT molecular complexity index is 1580. The van der Waals surface area contributed by atoms with Crippen LogP contribution in [0.5, 0.6) is 0 Å². The predicted molar refractivity (Wildman–Crippen MR) is 135 cm³/mol. The third-order valence-corrected chi connectivity index (χ3v) is 7.39. The van der Waals surface area contributed by atoms with Crippen molar-refractivity contribution in [3.05, 3.63) is 59.7 Å². The number of fused-ring (bicyclic) bond motifs is 5. The third-order valence-electron chi connectivity index (χ3n) is 7.39. The van der Waals surface area contributed by atoms with Crippen molar-refractivity contribution < 1.29 is 9.59 Å². The highest BCUT2D eigenvalue weighted by Gasteiger charge is 2.33. The van der Waals surface area contributed by atoms with Crippen LogP contribution in [0.1, 0.15) is 39.3 Å². The Morgan fingerprint density at radius 1 is 1.06 bits per heavy atom. The quantitative estimate of drug-likeness (QED) is 0.413. The smallest absolute Gasteiger partial charge is 0.272 e. The van der Waals surface area contributed by atoms with Gasteiger partial charge in [-0.05, 0) is 37.1 Å². The number of anilines is 3. The van der Waals surface area contributed by atoms with E-state index in [-0.39, 0.29) is 11.8 Å². The first kappa shape index (κ1) is 20.9. The van der Waals surface area contributed by atoms with Gasteiger partial charge in [-0.1, -0.05) is 0 Å². The molecule has 3 N–H and O–H groups in total. The molecule has 0 saturated carbocycles. The summed E-state index contributed by atoms with van der Waals surface area (Å²) < 4.78 is 1.96. The molecule has 10 heteroatoms. The highest BCUT2D eigenvalue weighted by molar-refractivity contribution is 6.07. The fourth-order valence-electron chi connectivity index (χ4n) is 5.66. The molecule has 0 bridgehead atoms. The minimum Gasteiger partial charge on any atom is -0.365 e. The highest BCUT2D eigenvalue weighted by Crippen LogP contribution is 2.37. The molecule has 7 rings (SSSR count). The number of rotatable bonds is 3. The Morgan fingerprint density at radius 3 is 2.89 bits per heavy atom. The maximum absolute atomic E-state index is 12.9. The van der Waals surface area contributed by atoms with Crippen molar-refractivity contribution in [3.8, 4) is 11.3 Å². The third kappa shape index (κ3) is 3.07. The van der Waals surface area contributed by atoms with Crippen molar-refractivity contribution >= 4 is 40.0 Å². The van der Waals surface area contributed by atoms with Crippen LogP contribution in [0.15, 0.2) is 42.9 Å². The summed E-state index contributed by atoms with van der Waals surface area (Å²) in [4.78, 5) is 41.8. The topological polar surface area (TPSA) is 117 Å². The van der Waals surface area contributed by atoms with Gasteiger partial charge in [0.1, 0.15) is 11.5 Å². The first-order valence-electron chi connectivity index (χ1n) is 12.1. The number of carbonyl (C=O) groups excluding carboxylic acids is 2. The monoisotopic (exact) mass is 480 g/mol. The molecule has 1 atom stereocenters. The first-order chi connectivity index (χ1) is 17.6. The van der Waals surface area contributed by atoms with Crippen molar-refractivity contribution in [2.45, 2.75) is 25.4 Å². The Hall–Kier alpha value is -4.47. The number of carbonyl (C=O) groups is 2. The zero-order valence-electron chi connectivity index (χ0n) is 19.7. The average molecular weight is 481 g/mol. The zero-order valence-corrected chi connectivity index (χ0v) is 19.7. The van der Waals surface area contributed by atoms with Crippen LogP contribution in [0.4, 0.5) is 17.2 Å². The lowest BCUT2D eigenvalue weighted by atomic mass is 10.0. The molecule has 1 unspecified atom stereocenters. The van der Waals surface area contributed by atoms with E-state index in [1.54, 1.807) is 12.4 Å². The molecule has 1 fully saturated rings. The lowest BCUT2D eigenvalue weighted by Gasteiger charge is -2.24. The second-order valence-electron chi connectivity index (χ2n) is 9.47. The standard InChI is InChI=1S/C26H24N8O2/c1-33-10-7-16-15(6-8-27-24(16)33)22-17-12-30-25(35)21(17)18(13-28-22)31-20-5-4-19-23(32-20)26(36)29-11-14-3-2-9-34(14)19/h4-8,10,13-14H,2-3,9,11-12H2,1H3,(H,29,36)(H,30,35)(H,31,32). The van der Waals surface area contributed by atoms with Crippen LogP contribution in [0.3, 0.4) is 0 Å². The predicted octanol–water partition coefficient (Wildman–Crippen LogP) is 2.73. The summed E-state index contributed by atoms with van der Waals surface area (Å²) in [6.07, 6.45) is 7.55. The fourth-order valence-corrected chi connectivity index (χ4v) is 5.66. The van der Waals surface area contributed by atoms with E-state index in [1.807, 2.05) is 42.1 Å². The fraction of sp³-hybridized carbons (Fsp3) is 0.269. The van der Waals surface area contributed by atoms with Crippen molar-refractivity contribution in [2.75, 3.05) is 23.3 Å². The number of amides is 2. The number of nitrogens with zero attached hydrogens (tertiary/aromatic N) is 5. The van der Waals surface area contributed by atoms with E-state index in [2.05, 4.69) is 30.8 Å². The lowest BCUT2D eigenvalue weighted by Crippen LogP contribution is -2.36. The van der Waals surface area contributed by atoms with Crippen molar-refractivity contribution in [3.63, 3.8) is 0 Å². The SMILES string of the molecule is Cn1ccc2c(-c3ncc(Nc4ccc5c(n4)C(=O)NCC4CCCN54)c4c3CNC4=O)ccnc21. The maximum atomic E-state index is 12.9. The van der Waals surface area contributed by atoms with Crippen LogP contribution < -0.4 is 20.9 Å². The van der Waals surface area contributed by atoms with Crippen LogP contribution in [0.2, 0.25) is 0 Å². The molecule has 0 spiro atoms. The van der Waals surface area contributed by atoms with Gasteiger partial charge in [-0.2, -0.15) is 0 Å². The van der Waals surface area contributed by atoms with Gasteiger partial charge in [-0.25, -0.2) is 9.97 Å². The van der Waals surface area contributed by atoms with Gasteiger partial charge >= 0.3 is 0 Å². The molecule has 1 saturated heterocycles. The van der Waals surface area contributed by atoms with E-state index in [4.69, 9.17) is 4.98 Å². The Balaban J connectivity index is 1.29. The van der Waals surface area contributed by atoms with Crippen molar-refractivity contribution in [1.82, 2.24) is 30.2 Å². The van der Waals surface area contributed by atoms with Gasteiger partial charge in [-0.15, -0.1) is 0 Å². The molecule has 3 aliphatic heterocycles. The molecule has 0 aromatic carbocycles. The number of pyridine rings is 3. The van der Waals surface area contributed by atoms with Crippen LogP contribution in [0, 0.1) is 0 Å². The number of nitrogens with one attached hydrogen (secondary N) is 3. The highest BCUT2D eigenvalue weighted by atomic mass is 16.2. The summed E-state index contributed by atoms with van der Waals surface area (Å²) in [7, 11) is 1.95. The lowest BCUT2D eigenvalue weighted by molar-refractivity contribution is 0.0947. The van der Waals surface area contributed by atoms with Crippen LogP contribution in [-0.2, 0) is 13.6 Å². The Kier molecular flexibility index (Phi) is 4.50. The second kappa shape index (κ2) is 7.77. The van der Waals surface area contributed by atoms with E-state index < -0.39 is 0 Å². The number of hydrogen-bond acceptors (Lipinski definition) is 7. The van der Waals surface area contributed by atoms with Crippen LogP contribution >= 0.6 is 0 Å². The van der Waals surface area contributed by atoms with Gasteiger partial charge < -0.3 is 25.4 Å². The molecular formula is C26H24N8O2. The summed E-state index contributed by atoms with van der Waals surface area (Å²) in [5.74, 6) is 0.151. The summed E-state index contributed by atoms with van der Waals surface area (Å²) in [5, 5.41) is 10.2. The van der Waals surface area contributed by atoms with Gasteiger partial charge in [0.05, 0.1) is 28.8 Å². The molecular weight excluding hydrogens is 456 g/mol. The average Bonchev–Trinajstić information content (AvgIpc) is 3.60. The minimum atomic E-state index is -0.177. The summed E-state index contributed by atoms with van der Waals surface area (Å²) in [5.41, 5.74) is 5.73. The first-order valence-corrected chi connectivity index (χ1v) is 12.1. The molecule has 7 heterocycles. The van der Waals surface area contributed by atoms with Gasteiger partial charge in [0.25, 0.3) is 11.8 Å². The number of aryl methyl sites for hydroxylation is 1. The molecule has 0 aliphatic carbocycles. The van der Waals surface area contributed by atoms with Gasteiger partial charge in [-0.3, -0.25) is 14.6 Å². The van der Waals surface area contributed by atoms with Gasteiger partial charge in [0, 0.05) is 61.6 Å². The normalized spacial score (nSPS) is 18.4. The van der Waals surface area contributed by atoms with Crippen molar-refractivity contribution in [2.24, 2.45) is 7.05 Å². The number of hydrogen-bond donors (Lipinski definition) is 3. The molecule has 4 aromatic rings. The molecule has 36 heavy (non-hydrogen) atoms.